The number of alkyl halides is 1. The maximum absolute atomic E-state index is 12.5. The third-order valence-electron chi connectivity index (χ3n) is 3.29. The topological polar surface area (TPSA) is 25.8 Å². The lowest BCUT2D eigenvalue weighted by Crippen LogP contribution is -1.89. The molecule has 0 aliphatic carbocycles. The Kier molecular flexibility index (Phi) is 4.22. The summed E-state index contributed by atoms with van der Waals surface area (Å²) in [6, 6.07) is 8.47. The van der Waals surface area contributed by atoms with Crippen LogP contribution < -0.4 is 0 Å². The number of aryl methyl sites for hydroxylation is 2. The lowest BCUT2D eigenvalue weighted by Gasteiger charge is -2.06. The lowest BCUT2D eigenvalue weighted by atomic mass is 10.0. The summed E-state index contributed by atoms with van der Waals surface area (Å²) < 4.78 is 12.5. The molecule has 2 heterocycles. The van der Waals surface area contributed by atoms with Crippen molar-refractivity contribution in [2.75, 3.05) is 12.4 Å². The zero-order valence-corrected chi connectivity index (χ0v) is 13.5. The number of thiophene rings is 1. The number of fused-ring (bicyclic) bond motifs is 1. The molecule has 21 heavy (non-hydrogen) atoms. The van der Waals surface area contributed by atoms with Crippen molar-refractivity contribution in [1.29, 1.82) is 0 Å². The van der Waals surface area contributed by atoms with E-state index in [1.54, 1.807) is 17.7 Å². The molecule has 0 saturated heterocycles. The van der Waals surface area contributed by atoms with Crippen molar-refractivity contribution in [3.8, 4) is 11.1 Å². The Morgan fingerprint density at radius 1 is 1.14 bits per heavy atom. The predicted octanol–water partition coefficient (Wildman–Crippen LogP) is 5.04. The highest BCUT2D eigenvalue weighted by Gasteiger charge is 2.16. The van der Waals surface area contributed by atoms with Gasteiger partial charge in [-0.1, -0.05) is 29.8 Å². The third-order valence-corrected chi connectivity index (χ3v) is 5.24. The average molecular weight is 318 g/mol. The standard InChI is InChI=1S/C16H15FN2S2/c1-10-3-5-12(6-4-10)13-11(2)21-16-14(13)15(18-9-19-16)20-8-7-17/h3-6,9H,7-8H2,1-2H3. The first-order valence-electron chi connectivity index (χ1n) is 6.70. The van der Waals surface area contributed by atoms with Gasteiger partial charge in [-0.05, 0) is 19.4 Å². The van der Waals surface area contributed by atoms with E-state index in [2.05, 4.69) is 48.1 Å². The van der Waals surface area contributed by atoms with Gasteiger partial charge in [0.05, 0.1) is 12.1 Å². The van der Waals surface area contributed by atoms with Gasteiger partial charge in [0, 0.05) is 16.2 Å². The summed E-state index contributed by atoms with van der Waals surface area (Å²) in [5.41, 5.74) is 3.58. The van der Waals surface area contributed by atoms with Gasteiger partial charge in [0.25, 0.3) is 0 Å². The highest BCUT2D eigenvalue weighted by molar-refractivity contribution is 7.99. The highest BCUT2D eigenvalue weighted by Crippen LogP contribution is 2.41. The quantitative estimate of drug-likeness (QED) is 0.498. The molecule has 1 aromatic carbocycles. The van der Waals surface area contributed by atoms with Crippen LogP contribution in [0.4, 0.5) is 4.39 Å². The normalized spacial score (nSPS) is 11.2. The summed E-state index contributed by atoms with van der Waals surface area (Å²) >= 11 is 3.12. The molecule has 3 rings (SSSR count). The van der Waals surface area contributed by atoms with E-state index in [0.717, 1.165) is 15.2 Å². The summed E-state index contributed by atoms with van der Waals surface area (Å²) in [6.45, 7) is 3.83. The Balaban J connectivity index is 2.21. The number of halogens is 1. The molecule has 2 aromatic heterocycles. The molecular weight excluding hydrogens is 303 g/mol. The van der Waals surface area contributed by atoms with Crippen LogP contribution in [0.1, 0.15) is 10.4 Å². The Hall–Kier alpha value is -1.46. The lowest BCUT2D eigenvalue weighted by molar-refractivity contribution is 0.532. The highest BCUT2D eigenvalue weighted by atomic mass is 32.2. The zero-order valence-electron chi connectivity index (χ0n) is 11.9. The molecule has 5 heteroatoms. The fourth-order valence-corrected chi connectivity index (χ4v) is 4.14. The molecule has 0 unspecified atom stereocenters. The number of hydrogen-bond acceptors (Lipinski definition) is 4. The minimum Gasteiger partial charge on any atom is -0.250 e. The monoisotopic (exact) mass is 318 g/mol. The molecule has 2 nitrogen and oxygen atoms in total. The van der Waals surface area contributed by atoms with Crippen molar-refractivity contribution >= 4 is 33.3 Å². The minimum atomic E-state index is -0.348. The largest absolute Gasteiger partial charge is 0.250 e. The molecule has 0 spiro atoms. The number of hydrogen-bond donors (Lipinski definition) is 0. The van der Waals surface area contributed by atoms with Crippen LogP contribution in [0, 0.1) is 13.8 Å². The minimum absolute atomic E-state index is 0.348. The molecule has 108 valence electrons. The number of nitrogens with zero attached hydrogens (tertiary/aromatic N) is 2. The van der Waals surface area contributed by atoms with E-state index in [0.29, 0.717) is 5.75 Å². The van der Waals surface area contributed by atoms with Crippen molar-refractivity contribution in [3.63, 3.8) is 0 Å². The van der Waals surface area contributed by atoms with E-state index in [9.17, 15) is 4.39 Å². The molecule has 0 bridgehead atoms. The van der Waals surface area contributed by atoms with E-state index >= 15 is 0 Å². The predicted molar refractivity (Wildman–Crippen MR) is 89.0 cm³/mol. The summed E-state index contributed by atoms with van der Waals surface area (Å²) in [5.74, 6) is 0.425. The van der Waals surface area contributed by atoms with Crippen LogP contribution in [0.5, 0.6) is 0 Å². The SMILES string of the molecule is Cc1ccc(-c2c(C)sc3ncnc(SCCF)c23)cc1. The van der Waals surface area contributed by atoms with Crippen LogP contribution in [0.15, 0.2) is 35.6 Å². The van der Waals surface area contributed by atoms with Gasteiger partial charge in [-0.2, -0.15) is 0 Å². The van der Waals surface area contributed by atoms with Crippen LogP contribution in [0.25, 0.3) is 21.3 Å². The molecule has 0 aliphatic heterocycles. The Morgan fingerprint density at radius 2 is 1.90 bits per heavy atom. The second-order valence-electron chi connectivity index (χ2n) is 4.80. The summed E-state index contributed by atoms with van der Waals surface area (Å²) in [6.07, 6.45) is 1.57. The number of aromatic nitrogens is 2. The van der Waals surface area contributed by atoms with Crippen molar-refractivity contribution in [2.24, 2.45) is 0 Å². The average Bonchev–Trinajstić information content (AvgIpc) is 2.82. The molecule has 0 radical (unpaired) electrons. The van der Waals surface area contributed by atoms with Gasteiger partial charge < -0.3 is 0 Å². The van der Waals surface area contributed by atoms with Crippen molar-refractivity contribution < 1.29 is 4.39 Å². The van der Waals surface area contributed by atoms with Crippen molar-refractivity contribution in [2.45, 2.75) is 18.9 Å². The number of rotatable bonds is 4. The molecule has 0 aliphatic rings. The number of benzene rings is 1. The first-order chi connectivity index (χ1) is 10.2. The molecule has 0 saturated carbocycles. The molecule has 3 aromatic rings. The Morgan fingerprint density at radius 3 is 2.62 bits per heavy atom. The van der Waals surface area contributed by atoms with E-state index < -0.39 is 0 Å². The van der Waals surface area contributed by atoms with Gasteiger partial charge in [-0.3, -0.25) is 4.39 Å². The van der Waals surface area contributed by atoms with E-state index in [1.165, 1.54) is 33.3 Å². The summed E-state index contributed by atoms with van der Waals surface area (Å²) in [5, 5.41) is 1.93. The molecular formula is C16H15FN2S2. The van der Waals surface area contributed by atoms with Gasteiger partial charge in [0.2, 0.25) is 0 Å². The van der Waals surface area contributed by atoms with Crippen LogP contribution in [0.2, 0.25) is 0 Å². The molecule has 0 N–H and O–H groups in total. The maximum Gasteiger partial charge on any atom is 0.128 e. The fourth-order valence-electron chi connectivity index (χ4n) is 2.33. The Bertz CT molecular complexity index is 766. The summed E-state index contributed by atoms with van der Waals surface area (Å²) in [4.78, 5) is 10.9. The Labute approximate surface area is 131 Å². The second-order valence-corrected chi connectivity index (χ2v) is 7.08. The van der Waals surface area contributed by atoms with E-state index in [4.69, 9.17) is 0 Å². The van der Waals surface area contributed by atoms with Gasteiger partial charge in [-0.25, -0.2) is 9.97 Å². The molecule has 0 fully saturated rings. The van der Waals surface area contributed by atoms with Gasteiger partial charge in [0.1, 0.15) is 16.2 Å². The second kappa shape index (κ2) is 6.12. The summed E-state index contributed by atoms with van der Waals surface area (Å²) in [7, 11) is 0. The van der Waals surface area contributed by atoms with Crippen LogP contribution in [0.3, 0.4) is 0 Å². The van der Waals surface area contributed by atoms with Crippen LogP contribution in [-0.4, -0.2) is 22.4 Å². The van der Waals surface area contributed by atoms with Crippen molar-refractivity contribution in [3.05, 3.63) is 41.0 Å². The van der Waals surface area contributed by atoms with E-state index in [1.807, 2.05) is 0 Å². The maximum atomic E-state index is 12.5. The molecule has 0 amide bonds. The van der Waals surface area contributed by atoms with Crippen molar-refractivity contribution in [1.82, 2.24) is 9.97 Å². The smallest absolute Gasteiger partial charge is 0.128 e. The zero-order chi connectivity index (χ0) is 14.8. The van der Waals surface area contributed by atoms with Gasteiger partial charge in [0.15, 0.2) is 0 Å². The van der Waals surface area contributed by atoms with Crippen LogP contribution in [-0.2, 0) is 0 Å². The van der Waals surface area contributed by atoms with Gasteiger partial charge in [-0.15, -0.1) is 23.1 Å². The van der Waals surface area contributed by atoms with Gasteiger partial charge >= 0.3 is 0 Å². The number of thioether (sulfide) groups is 1. The van der Waals surface area contributed by atoms with E-state index in [-0.39, 0.29) is 6.67 Å². The third kappa shape index (κ3) is 2.80. The van der Waals surface area contributed by atoms with Crippen LogP contribution >= 0.6 is 23.1 Å². The fraction of sp³-hybridized carbons (Fsp3) is 0.250. The first-order valence-corrected chi connectivity index (χ1v) is 8.51. The first kappa shape index (κ1) is 14.5. The molecule has 0 atom stereocenters.